The summed E-state index contributed by atoms with van der Waals surface area (Å²) in [5, 5.41) is 7.81. The van der Waals surface area contributed by atoms with E-state index in [2.05, 4.69) is 5.32 Å². The minimum absolute atomic E-state index is 0.00787. The molecule has 2 aromatic carbocycles. The highest BCUT2D eigenvalue weighted by Gasteiger charge is 2.21. The van der Waals surface area contributed by atoms with Gasteiger partial charge < -0.3 is 10.1 Å². The van der Waals surface area contributed by atoms with Crippen molar-refractivity contribution >= 4 is 31.6 Å². The molecule has 1 amide bonds. The van der Waals surface area contributed by atoms with Gasteiger partial charge in [-0.15, -0.1) is 0 Å². The highest BCUT2D eigenvalue weighted by molar-refractivity contribution is 7.89. The molecule has 0 aliphatic carbocycles. The van der Waals surface area contributed by atoms with Crippen molar-refractivity contribution in [1.29, 1.82) is 0 Å². The lowest BCUT2D eigenvalue weighted by atomic mass is 10.1. The summed E-state index contributed by atoms with van der Waals surface area (Å²) < 4.78 is 53.9. The van der Waals surface area contributed by atoms with Crippen LogP contribution in [-0.4, -0.2) is 66.7 Å². The van der Waals surface area contributed by atoms with E-state index in [0.29, 0.717) is 5.75 Å². The third-order valence-corrected chi connectivity index (χ3v) is 7.71. The fraction of sp³-hybridized carbons (Fsp3) is 0.350. The predicted molar refractivity (Wildman–Crippen MR) is 121 cm³/mol. The maximum atomic E-state index is 12.6. The first-order valence-corrected chi connectivity index (χ1v) is 12.5. The summed E-state index contributed by atoms with van der Waals surface area (Å²) in [5.41, 5.74) is 1.03. The van der Waals surface area contributed by atoms with Crippen molar-refractivity contribution < 1.29 is 26.4 Å². The van der Waals surface area contributed by atoms with Crippen LogP contribution in [-0.2, 0) is 24.8 Å². The Kier molecular flexibility index (Phi) is 8.02. The summed E-state index contributed by atoms with van der Waals surface area (Å²) in [4.78, 5) is 14.4. The average molecular weight is 485 g/mol. The Morgan fingerprint density at radius 3 is 2.09 bits per heavy atom. The van der Waals surface area contributed by atoms with Crippen LogP contribution in [0.25, 0.3) is 0 Å². The standard InChI is InChI=1S/C20H28N4O6S2/c1-14(15-6-8-16(9-7-15)31(21,26)27)24(4)13-20(25)22-18-12-17(10-11-19(18)30-5)32(28,29)23(2)3/h6-12,14H,13H2,1-5H3,(H,22,25)(H2,21,26,27). The van der Waals surface area contributed by atoms with E-state index in [9.17, 15) is 21.6 Å². The normalized spacial score (nSPS) is 13.2. The molecule has 176 valence electrons. The molecule has 0 saturated heterocycles. The van der Waals surface area contributed by atoms with Crippen molar-refractivity contribution in [2.75, 3.05) is 40.1 Å². The Morgan fingerprint density at radius 1 is 1.03 bits per heavy atom. The third-order valence-electron chi connectivity index (χ3n) is 4.97. The molecule has 0 fully saturated rings. The number of amides is 1. The van der Waals surface area contributed by atoms with Crippen LogP contribution in [0.2, 0.25) is 0 Å². The van der Waals surface area contributed by atoms with E-state index in [4.69, 9.17) is 9.88 Å². The molecule has 12 heteroatoms. The Balaban J connectivity index is 2.16. The van der Waals surface area contributed by atoms with E-state index in [0.717, 1.165) is 9.87 Å². The molecule has 2 rings (SSSR count). The molecule has 0 saturated carbocycles. The van der Waals surface area contributed by atoms with Gasteiger partial charge in [-0.25, -0.2) is 26.3 Å². The SMILES string of the molecule is COc1ccc(S(=O)(=O)N(C)C)cc1NC(=O)CN(C)C(C)c1ccc(S(N)(=O)=O)cc1. The van der Waals surface area contributed by atoms with E-state index >= 15 is 0 Å². The van der Waals surface area contributed by atoms with Gasteiger partial charge in [-0.1, -0.05) is 12.1 Å². The van der Waals surface area contributed by atoms with Crippen molar-refractivity contribution in [3.05, 3.63) is 48.0 Å². The number of methoxy groups -OCH3 is 1. The molecule has 0 aromatic heterocycles. The average Bonchev–Trinajstić information content (AvgIpc) is 2.72. The van der Waals surface area contributed by atoms with Crippen LogP contribution >= 0.6 is 0 Å². The zero-order valence-electron chi connectivity index (χ0n) is 18.6. The summed E-state index contributed by atoms with van der Waals surface area (Å²) in [6, 6.07) is 10.1. The molecule has 0 bridgehead atoms. The van der Waals surface area contributed by atoms with Gasteiger partial charge in [-0.2, -0.15) is 0 Å². The third kappa shape index (κ3) is 6.04. The number of sulfonamides is 2. The highest BCUT2D eigenvalue weighted by atomic mass is 32.2. The van der Waals surface area contributed by atoms with Gasteiger partial charge in [0.25, 0.3) is 0 Å². The number of rotatable bonds is 9. The first-order valence-electron chi connectivity index (χ1n) is 9.50. The topological polar surface area (TPSA) is 139 Å². The summed E-state index contributed by atoms with van der Waals surface area (Å²) in [6.07, 6.45) is 0. The molecule has 3 N–H and O–H groups in total. The maximum Gasteiger partial charge on any atom is 0.242 e. The second kappa shape index (κ2) is 9.96. The molecule has 0 spiro atoms. The molecular weight excluding hydrogens is 456 g/mol. The second-order valence-electron chi connectivity index (χ2n) is 7.40. The number of primary sulfonamides is 1. The summed E-state index contributed by atoms with van der Waals surface area (Å²) in [5.74, 6) is -0.0523. The van der Waals surface area contributed by atoms with E-state index in [1.54, 1.807) is 24.1 Å². The van der Waals surface area contributed by atoms with Gasteiger partial charge >= 0.3 is 0 Å². The molecule has 10 nitrogen and oxygen atoms in total. The van der Waals surface area contributed by atoms with Gasteiger partial charge in [0.05, 0.1) is 29.1 Å². The van der Waals surface area contributed by atoms with Gasteiger partial charge in [0, 0.05) is 20.1 Å². The Hall–Kier alpha value is -2.51. The Morgan fingerprint density at radius 2 is 1.59 bits per heavy atom. The van der Waals surface area contributed by atoms with E-state index in [1.807, 2.05) is 6.92 Å². The number of nitrogens with two attached hydrogens (primary N) is 1. The number of nitrogens with one attached hydrogen (secondary N) is 1. The van der Waals surface area contributed by atoms with E-state index in [-0.39, 0.29) is 34.0 Å². The maximum absolute atomic E-state index is 12.6. The molecule has 0 radical (unpaired) electrons. The monoisotopic (exact) mass is 484 g/mol. The lowest BCUT2D eigenvalue weighted by molar-refractivity contribution is -0.117. The van der Waals surface area contributed by atoms with Crippen molar-refractivity contribution in [2.45, 2.75) is 22.8 Å². The van der Waals surface area contributed by atoms with Crippen LogP contribution in [0, 0.1) is 0 Å². The largest absolute Gasteiger partial charge is 0.495 e. The van der Waals surface area contributed by atoms with E-state index < -0.39 is 20.0 Å². The smallest absolute Gasteiger partial charge is 0.242 e. The van der Waals surface area contributed by atoms with E-state index in [1.165, 1.54) is 51.5 Å². The summed E-state index contributed by atoms with van der Waals surface area (Å²) in [6.45, 7) is 1.86. The number of anilines is 1. The van der Waals surface area contributed by atoms with Crippen molar-refractivity contribution in [1.82, 2.24) is 9.21 Å². The number of nitrogens with zero attached hydrogens (tertiary/aromatic N) is 2. The second-order valence-corrected chi connectivity index (χ2v) is 11.1. The molecule has 0 heterocycles. The summed E-state index contributed by atoms with van der Waals surface area (Å²) in [7, 11) is -1.46. The first-order chi connectivity index (χ1) is 14.8. The van der Waals surface area contributed by atoms with Crippen molar-refractivity contribution in [3.8, 4) is 5.75 Å². The van der Waals surface area contributed by atoms with Crippen LogP contribution < -0.4 is 15.2 Å². The minimum atomic E-state index is -3.78. The van der Waals surface area contributed by atoms with Crippen LogP contribution in [0.5, 0.6) is 5.75 Å². The van der Waals surface area contributed by atoms with Crippen LogP contribution in [0.15, 0.2) is 52.3 Å². The molecular formula is C20H28N4O6S2. The van der Waals surface area contributed by atoms with Gasteiger partial charge in [0.2, 0.25) is 26.0 Å². The van der Waals surface area contributed by atoms with Gasteiger partial charge in [0.15, 0.2) is 0 Å². The number of likely N-dealkylation sites (N-methyl/N-ethyl adjacent to an activating group) is 1. The lowest BCUT2D eigenvalue weighted by Gasteiger charge is -2.25. The van der Waals surface area contributed by atoms with Crippen LogP contribution in [0.4, 0.5) is 5.69 Å². The molecule has 0 aliphatic heterocycles. The molecule has 32 heavy (non-hydrogen) atoms. The van der Waals surface area contributed by atoms with Gasteiger partial charge in [0.1, 0.15) is 5.75 Å². The zero-order valence-corrected chi connectivity index (χ0v) is 20.2. The number of ether oxygens (including phenoxy) is 1. The zero-order chi connectivity index (χ0) is 24.3. The number of hydrogen-bond acceptors (Lipinski definition) is 7. The lowest BCUT2D eigenvalue weighted by Crippen LogP contribution is -2.32. The number of carbonyl (C=O) groups is 1. The summed E-state index contributed by atoms with van der Waals surface area (Å²) >= 11 is 0. The van der Waals surface area contributed by atoms with Crippen LogP contribution in [0.3, 0.4) is 0 Å². The fourth-order valence-electron chi connectivity index (χ4n) is 2.90. The van der Waals surface area contributed by atoms with Crippen LogP contribution in [0.1, 0.15) is 18.5 Å². The Labute approximate surface area is 189 Å². The minimum Gasteiger partial charge on any atom is -0.495 e. The molecule has 2 aromatic rings. The number of carbonyl (C=O) groups excluding carboxylic acids is 1. The molecule has 0 aliphatic rings. The Bertz CT molecular complexity index is 1180. The predicted octanol–water partition coefficient (Wildman–Crippen LogP) is 1.22. The number of benzene rings is 2. The first kappa shape index (κ1) is 25.7. The van der Waals surface area contributed by atoms with Crippen molar-refractivity contribution in [3.63, 3.8) is 0 Å². The van der Waals surface area contributed by atoms with Gasteiger partial charge in [-0.05, 0) is 49.9 Å². The number of hydrogen-bond donors (Lipinski definition) is 2. The highest BCUT2D eigenvalue weighted by Crippen LogP contribution is 2.28. The van der Waals surface area contributed by atoms with Gasteiger partial charge in [-0.3, -0.25) is 9.69 Å². The molecule has 1 atom stereocenters. The quantitative estimate of drug-likeness (QED) is 0.545. The molecule has 1 unspecified atom stereocenters. The fourth-order valence-corrected chi connectivity index (χ4v) is 4.34. The van der Waals surface area contributed by atoms with Crippen molar-refractivity contribution in [2.24, 2.45) is 5.14 Å².